The number of anilines is 2. The zero-order chi connectivity index (χ0) is 30.7. The molecule has 2 heterocycles. The van der Waals surface area contributed by atoms with Crippen LogP contribution in [0.1, 0.15) is 36.6 Å². The number of nitrogens with zero attached hydrogens (tertiary/aromatic N) is 2. The smallest absolute Gasteiger partial charge is 0.311 e. The number of pyridine rings is 1. The highest BCUT2D eigenvalue weighted by molar-refractivity contribution is 7.72. The van der Waals surface area contributed by atoms with Crippen molar-refractivity contribution in [3.05, 3.63) is 89.9 Å². The van der Waals surface area contributed by atoms with Gasteiger partial charge >= 0.3 is 5.97 Å². The summed E-state index contributed by atoms with van der Waals surface area (Å²) in [6.07, 6.45) is 1.84. The molecule has 3 aromatic carbocycles. The number of rotatable bonds is 9. The van der Waals surface area contributed by atoms with E-state index in [0.29, 0.717) is 22.6 Å². The molecular formula is C31H31FN4O6S. The van der Waals surface area contributed by atoms with Gasteiger partial charge in [0, 0.05) is 23.8 Å². The van der Waals surface area contributed by atoms with Crippen LogP contribution in [-0.4, -0.2) is 50.4 Å². The Morgan fingerprint density at radius 3 is 2.67 bits per heavy atom. The van der Waals surface area contributed by atoms with E-state index in [1.54, 1.807) is 49.5 Å². The van der Waals surface area contributed by atoms with E-state index in [4.69, 9.17) is 15.2 Å². The van der Waals surface area contributed by atoms with E-state index in [-0.39, 0.29) is 30.2 Å². The highest BCUT2D eigenvalue weighted by Crippen LogP contribution is 2.42. The maximum Gasteiger partial charge on any atom is 0.311 e. The fourth-order valence-corrected chi connectivity index (χ4v) is 6.23. The van der Waals surface area contributed by atoms with Crippen molar-refractivity contribution in [3.63, 3.8) is 0 Å². The number of likely N-dealkylation sites (tertiary alicyclic amines) is 1. The standard InChI is InChI=1S/C31H31FN4O6S/c1-3-42-25-17-19(8-11-24(25)32)27(35-20-9-10-21-18(16-20)12-14-34-29(21)33)30(37)36-15-13-23(31(38)41-2)28(36)22-6-4-5-7-26(22)43(39)40/h4-12,14,16-17,23,27-28,35,43H,3,13,15H2,1-2H3,(H2,33,34)/t23-,27?,28-/m0/s1. The molecule has 1 aromatic heterocycles. The molecule has 4 aromatic rings. The Balaban J connectivity index is 1.61. The molecule has 0 radical (unpaired) electrons. The van der Waals surface area contributed by atoms with Crippen molar-refractivity contribution in [1.82, 2.24) is 9.88 Å². The number of ether oxygens (including phenoxy) is 2. The third-order valence-corrected chi connectivity index (χ3v) is 8.38. The third kappa shape index (κ3) is 5.96. The van der Waals surface area contributed by atoms with Crippen LogP contribution in [0.4, 0.5) is 15.9 Å². The molecule has 5 rings (SSSR count). The Morgan fingerprint density at radius 2 is 1.93 bits per heavy atom. The quantitative estimate of drug-likeness (QED) is 0.188. The highest BCUT2D eigenvalue weighted by atomic mass is 32.2. The summed E-state index contributed by atoms with van der Waals surface area (Å²) in [5.41, 5.74) is 7.32. The summed E-state index contributed by atoms with van der Waals surface area (Å²) in [5.74, 6) is -2.04. The number of thiol groups is 1. The molecule has 1 amide bonds. The molecule has 1 unspecified atom stereocenters. The molecule has 224 valence electrons. The number of halogens is 1. The van der Waals surface area contributed by atoms with E-state index in [1.165, 1.54) is 36.3 Å². The molecule has 1 saturated heterocycles. The minimum atomic E-state index is -3.02. The summed E-state index contributed by atoms with van der Waals surface area (Å²) >= 11 is 0. The average Bonchev–Trinajstić information content (AvgIpc) is 3.45. The molecule has 0 bridgehead atoms. The number of fused-ring (bicyclic) bond motifs is 1. The van der Waals surface area contributed by atoms with Gasteiger partial charge in [0.2, 0.25) is 5.91 Å². The first-order valence-electron chi connectivity index (χ1n) is 13.7. The van der Waals surface area contributed by atoms with Crippen LogP contribution in [0.25, 0.3) is 10.8 Å². The van der Waals surface area contributed by atoms with E-state index in [9.17, 15) is 22.4 Å². The fraction of sp³-hybridized carbons (Fsp3) is 0.258. The van der Waals surface area contributed by atoms with Gasteiger partial charge in [-0.05, 0) is 72.3 Å². The lowest BCUT2D eigenvalue weighted by Crippen LogP contribution is -2.39. The van der Waals surface area contributed by atoms with Gasteiger partial charge in [0.1, 0.15) is 11.9 Å². The number of carbonyl (C=O) groups is 2. The maximum absolute atomic E-state index is 14.6. The number of nitrogens with two attached hydrogens (primary N) is 1. The van der Waals surface area contributed by atoms with Gasteiger partial charge in [-0.3, -0.25) is 9.59 Å². The van der Waals surface area contributed by atoms with Crippen LogP contribution in [0.3, 0.4) is 0 Å². The summed E-state index contributed by atoms with van der Waals surface area (Å²) < 4.78 is 49.5. The zero-order valence-corrected chi connectivity index (χ0v) is 24.4. The largest absolute Gasteiger partial charge is 0.491 e. The predicted molar refractivity (Wildman–Crippen MR) is 160 cm³/mol. The van der Waals surface area contributed by atoms with Gasteiger partial charge in [0.05, 0.1) is 30.6 Å². The number of nitrogens with one attached hydrogen (secondary N) is 1. The minimum Gasteiger partial charge on any atom is -0.491 e. The number of nitrogen functional groups attached to an aromatic ring is 1. The number of hydrogen-bond donors (Lipinski definition) is 3. The summed E-state index contributed by atoms with van der Waals surface area (Å²) in [6.45, 7) is 2.10. The third-order valence-electron chi connectivity index (χ3n) is 7.58. The second-order valence-corrected chi connectivity index (χ2v) is 11.0. The lowest BCUT2D eigenvalue weighted by molar-refractivity contribution is -0.147. The maximum atomic E-state index is 14.6. The van der Waals surface area contributed by atoms with Crippen molar-refractivity contribution < 1.29 is 31.9 Å². The number of carbonyl (C=O) groups excluding carboxylic acids is 2. The molecule has 12 heteroatoms. The normalized spacial score (nSPS) is 17.2. The van der Waals surface area contributed by atoms with Crippen molar-refractivity contribution >= 4 is 44.9 Å². The van der Waals surface area contributed by atoms with Crippen LogP contribution in [0.5, 0.6) is 5.75 Å². The Kier molecular flexibility index (Phi) is 8.76. The summed E-state index contributed by atoms with van der Waals surface area (Å²) in [4.78, 5) is 33.0. The number of esters is 1. The van der Waals surface area contributed by atoms with E-state index in [2.05, 4.69) is 10.3 Å². The van der Waals surface area contributed by atoms with Gasteiger partial charge < -0.3 is 25.4 Å². The van der Waals surface area contributed by atoms with Gasteiger partial charge in [-0.2, -0.15) is 0 Å². The minimum absolute atomic E-state index is 0.0155. The van der Waals surface area contributed by atoms with Gasteiger partial charge in [-0.25, -0.2) is 17.8 Å². The van der Waals surface area contributed by atoms with Gasteiger partial charge in [-0.1, -0.05) is 24.3 Å². The molecule has 1 aliphatic heterocycles. The molecule has 10 nitrogen and oxygen atoms in total. The van der Waals surface area contributed by atoms with E-state index >= 15 is 0 Å². The van der Waals surface area contributed by atoms with Crippen molar-refractivity contribution in [3.8, 4) is 5.75 Å². The first-order valence-corrected chi connectivity index (χ1v) is 14.9. The van der Waals surface area contributed by atoms with Crippen molar-refractivity contribution in [2.24, 2.45) is 5.92 Å². The van der Waals surface area contributed by atoms with Crippen molar-refractivity contribution in [1.29, 1.82) is 0 Å². The Bertz CT molecular complexity index is 1760. The number of amides is 1. The number of aromatic nitrogens is 1. The second kappa shape index (κ2) is 12.7. The summed E-state index contributed by atoms with van der Waals surface area (Å²) in [7, 11) is -1.77. The van der Waals surface area contributed by atoms with Crippen LogP contribution in [-0.2, 0) is 25.0 Å². The Morgan fingerprint density at radius 1 is 1.14 bits per heavy atom. The number of benzene rings is 3. The molecule has 43 heavy (non-hydrogen) atoms. The first kappa shape index (κ1) is 29.8. The molecule has 0 aliphatic carbocycles. The number of hydrogen-bond acceptors (Lipinski definition) is 9. The topological polar surface area (TPSA) is 141 Å². The monoisotopic (exact) mass is 606 g/mol. The molecule has 1 aliphatic rings. The molecule has 3 N–H and O–H groups in total. The van der Waals surface area contributed by atoms with Gasteiger partial charge in [0.15, 0.2) is 22.3 Å². The van der Waals surface area contributed by atoms with E-state index in [0.717, 1.165) is 10.8 Å². The molecule has 3 atom stereocenters. The first-order chi connectivity index (χ1) is 20.7. The Labute approximate surface area is 249 Å². The number of methoxy groups -OCH3 is 1. The van der Waals surface area contributed by atoms with E-state index < -0.39 is 46.4 Å². The molecule has 0 spiro atoms. The lowest BCUT2D eigenvalue weighted by atomic mass is 9.93. The summed E-state index contributed by atoms with van der Waals surface area (Å²) in [6, 6.07) is 15.6. The van der Waals surface area contributed by atoms with Crippen LogP contribution in [0, 0.1) is 11.7 Å². The lowest BCUT2D eigenvalue weighted by Gasteiger charge is -2.32. The van der Waals surface area contributed by atoms with Crippen LogP contribution in [0.15, 0.2) is 77.8 Å². The van der Waals surface area contributed by atoms with Gasteiger partial charge in [0.25, 0.3) is 0 Å². The zero-order valence-electron chi connectivity index (χ0n) is 23.5. The molecule has 1 fully saturated rings. The highest BCUT2D eigenvalue weighted by Gasteiger charge is 2.45. The van der Waals surface area contributed by atoms with Crippen LogP contribution < -0.4 is 15.8 Å². The summed E-state index contributed by atoms with van der Waals surface area (Å²) in [5, 5.41) is 4.80. The van der Waals surface area contributed by atoms with Gasteiger partial charge in [-0.15, -0.1) is 0 Å². The predicted octanol–water partition coefficient (Wildman–Crippen LogP) is 4.24. The molecular weight excluding hydrogens is 575 g/mol. The molecule has 0 saturated carbocycles. The van der Waals surface area contributed by atoms with Crippen molar-refractivity contribution in [2.75, 3.05) is 31.3 Å². The second-order valence-electron chi connectivity index (χ2n) is 10.0. The van der Waals surface area contributed by atoms with Crippen molar-refractivity contribution in [2.45, 2.75) is 30.3 Å². The Hall–Kier alpha value is -4.71. The average molecular weight is 607 g/mol. The van der Waals surface area contributed by atoms with E-state index in [1.807, 2.05) is 6.07 Å². The van der Waals surface area contributed by atoms with Crippen LogP contribution >= 0.6 is 0 Å². The SMILES string of the molecule is CCOc1cc(C(Nc2ccc3c(N)nccc3c2)C(=O)N2CC[C@H](C(=O)OC)[C@@H]2c2ccccc2[SH](=O)=O)ccc1F. The van der Waals surface area contributed by atoms with Crippen LogP contribution in [0.2, 0.25) is 0 Å². The fourth-order valence-electron chi connectivity index (χ4n) is 5.60.